The predicted octanol–water partition coefficient (Wildman–Crippen LogP) is 5.50. The molecule has 0 spiro atoms. The quantitative estimate of drug-likeness (QED) is 0.641. The van der Waals surface area contributed by atoms with Gasteiger partial charge in [-0.1, -0.05) is 72.8 Å². The van der Waals surface area contributed by atoms with Gasteiger partial charge in [0.25, 0.3) is 0 Å². The Morgan fingerprint density at radius 2 is 1.43 bits per heavy atom. The maximum atomic E-state index is 6.79. The van der Waals surface area contributed by atoms with Gasteiger partial charge in [-0.2, -0.15) is 0 Å². The SMILES string of the molecule is ClC1(CC2c3ccccc3-c3ccccc32)[CH]C=CC=C1. The van der Waals surface area contributed by atoms with Crippen molar-refractivity contribution in [1.82, 2.24) is 0 Å². The van der Waals surface area contributed by atoms with Crippen LogP contribution in [-0.4, -0.2) is 4.87 Å². The number of rotatable bonds is 2. The molecular formula is C20H16Cl. The van der Waals surface area contributed by atoms with E-state index in [1.165, 1.54) is 22.3 Å². The van der Waals surface area contributed by atoms with Gasteiger partial charge in [0.1, 0.15) is 0 Å². The monoisotopic (exact) mass is 291 g/mol. The Morgan fingerprint density at radius 3 is 2.00 bits per heavy atom. The topological polar surface area (TPSA) is 0 Å². The zero-order valence-corrected chi connectivity index (χ0v) is 12.4. The fourth-order valence-electron chi connectivity index (χ4n) is 3.48. The van der Waals surface area contributed by atoms with E-state index in [0.717, 1.165) is 6.42 Å². The van der Waals surface area contributed by atoms with Crippen LogP contribution in [0.15, 0.2) is 72.8 Å². The van der Waals surface area contributed by atoms with Crippen molar-refractivity contribution in [2.75, 3.05) is 0 Å². The van der Waals surface area contributed by atoms with E-state index in [0.29, 0.717) is 5.92 Å². The third-order valence-corrected chi connectivity index (χ3v) is 4.85. The largest absolute Gasteiger partial charge is 0.114 e. The van der Waals surface area contributed by atoms with Crippen molar-refractivity contribution in [3.63, 3.8) is 0 Å². The summed E-state index contributed by atoms with van der Waals surface area (Å²) in [5.41, 5.74) is 5.51. The second-order valence-electron chi connectivity index (χ2n) is 5.77. The molecule has 4 rings (SSSR count). The Hall–Kier alpha value is -1.79. The molecular weight excluding hydrogens is 276 g/mol. The van der Waals surface area contributed by atoms with Crippen LogP contribution in [0, 0.1) is 6.42 Å². The lowest BCUT2D eigenvalue weighted by Crippen LogP contribution is -2.23. The van der Waals surface area contributed by atoms with Crippen molar-refractivity contribution in [2.45, 2.75) is 17.2 Å². The van der Waals surface area contributed by atoms with Crippen molar-refractivity contribution in [1.29, 1.82) is 0 Å². The van der Waals surface area contributed by atoms with Gasteiger partial charge in [-0.15, -0.1) is 11.6 Å². The molecule has 0 heterocycles. The number of hydrogen-bond acceptors (Lipinski definition) is 0. The van der Waals surface area contributed by atoms with Crippen LogP contribution < -0.4 is 0 Å². The van der Waals surface area contributed by atoms with Gasteiger partial charge in [0, 0.05) is 12.3 Å². The van der Waals surface area contributed by atoms with Crippen molar-refractivity contribution in [2.24, 2.45) is 0 Å². The molecule has 103 valence electrons. The highest BCUT2D eigenvalue weighted by molar-refractivity contribution is 6.26. The van der Waals surface area contributed by atoms with E-state index in [1.54, 1.807) is 0 Å². The first-order chi connectivity index (χ1) is 10.3. The molecule has 2 aromatic carbocycles. The van der Waals surface area contributed by atoms with E-state index in [4.69, 9.17) is 11.6 Å². The summed E-state index contributed by atoms with van der Waals surface area (Å²) in [6.07, 6.45) is 11.2. The molecule has 2 aliphatic carbocycles. The first kappa shape index (κ1) is 12.9. The smallest absolute Gasteiger partial charge is 0.0706 e. The molecule has 0 N–H and O–H groups in total. The molecule has 0 saturated heterocycles. The number of hydrogen-bond donors (Lipinski definition) is 0. The molecule has 0 fully saturated rings. The average Bonchev–Trinajstić information content (AvgIpc) is 2.83. The number of benzene rings is 2. The van der Waals surface area contributed by atoms with Crippen molar-refractivity contribution in [3.8, 4) is 11.1 Å². The summed E-state index contributed by atoms with van der Waals surface area (Å²) in [6.45, 7) is 0. The van der Waals surface area contributed by atoms with E-state index >= 15 is 0 Å². The lowest BCUT2D eigenvalue weighted by molar-refractivity contribution is 0.650. The third-order valence-electron chi connectivity index (χ3n) is 4.45. The molecule has 2 aromatic rings. The highest BCUT2D eigenvalue weighted by Crippen LogP contribution is 2.49. The Balaban J connectivity index is 1.78. The summed E-state index contributed by atoms with van der Waals surface area (Å²) in [4.78, 5) is -0.385. The predicted molar refractivity (Wildman–Crippen MR) is 89.5 cm³/mol. The summed E-state index contributed by atoms with van der Waals surface area (Å²) < 4.78 is 0. The number of alkyl halides is 1. The van der Waals surface area contributed by atoms with E-state index in [1.807, 2.05) is 18.2 Å². The zero-order chi connectivity index (χ0) is 14.3. The molecule has 0 nitrogen and oxygen atoms in total. The van der Waals surface area contributed by atoms with E-state index in [9.17, 15) is 0 Å². The minimum absolute atomic E-state index is 0.363. The van der Waals surface area contributed by atoms with Crippen LogP contribution in [0.1, 0.15) is 23.5 Å². The average molecular weight is 292 g/mol. The molecule has 21 heavy (non-hydrogen) atoms. The lowest BCUT2D eigenvalue weighted by atomic mass is 9.84. The molecule has 2 aliphatic rings. The summed E-state index contributed by atoms with van der Waals surface area (Å²) in [7, 11) is 0. The van der Waals surface area contributed by atoms with Gasteiger partial charge >= 0.3 is 0 Å². The Bertz CT molecular complexity index is 696. The Morgan fingerprint density at radius 1 is 0.810 bits per heavy atom. The van der Waals surface area contributed by atoms with Gasteiger partial charge in [0.05, 0.1) is 4.87 Å². The molecule has 0 saturated carbocycles. The first-order valence-corrected chi connectivity index (χ1v) is 7.72. The minimum atomic E-state index is -0.385. The summed E-state index contributed by atoms with van der Waals surface area (Å²) >= 11 is 6.79. The summed E-state index contributed by atoms with van der Waals surface area (Å²) in [5.74, 6) is 0.363. The highest BCUT2D eigenvalue weighted by atomic mass is 35.5. The molecule has 0 aliphatic heterocycles. The van der Waals surface area contributed by atoms with Crippen LogP contribution in [0.5, 0.6) is 0 Å². The van der Waals surface area contributed by atoms with Crippen LogP contribution >= 0.6 is 11.6 Å². The molecule has 0 aromatic heterocycles. The maximum absolute atomic E-state index is 6.79. The molecule has 0 amide bonds. The van der Waals surface area contributed by atoms with Crippen molar-refractivity contribution < 1.29 is 0 Å². The summed E-state index contributed by atoms with van der Waals surface area (Å²) in [5, 5.41) is 0. The molecule has 1 unspecified atom stereocenters. The maximum Gasteiger partial charge on any atom is 0.0706 e. The van der Waals surface area contributed by atoms with E-state index in [2.05, 4.69) is 61.0 Å². The van der Waals surface area contributed by atoms with Gasteiger partial charge in [-0.25, -0.2) is 0 Å². The zero-order valence-electron chi connectivity index (χ0n) is 11.7. The van der Waals surface area contributed by atoms with Gasteiger partial charge in [-0.05, 0) is 28.7 Å². The number of allylic oxidation sites excluding steroid dienone is 4. The second-order valence-corrected chi connectivity index (χ2v) is 6.47. The van der Waals surface area contributed by atoms with Crippen LogP contribution in [0.25, 0.3) is 11.1 Å². The van der Waals surface area contributed by atoms with Gasteiger partial charge in [-0.3, -0.25) is 0 Å². The van der Waals surface area contributed by atoms with Gasteiger partial charge in [0.2, 0.25) is 0 Å². The molecule has 1 atom stereocenters. The molecule has 1 heteroatoms. The molecule has 0 bridgehead atoms. The fourth-order valence-corrected chi connectivity index (χ4v) is 3.78. The highest BCUT2D eigenvalue weighted by Gasteiger charge is 2.35. The van der Waals surface area contributed by atoms with Gasteiger partial charge < -0.3 is 0 Å². The van der Waals surface area contributed by atoms with Crippen LogP contribution in [-0.2, 0) is 0 Å². The van der Waals surface area contributed by atoms with E-state index < -0.39 is 0 Å². The van der Waals surface area contributed by atoms with Crippen LogP contribution in [0.3, 0.4) is 0 Å². The Labute approximate surface area is 130 Å². The standard InChI is InChI=1S/C20H16Cl/c21-20(12-6-1-7-13-20)14-19-17-10-4-2-8-15(17)16-9-3-5-11-18(16)19/h1-13,19H,14H2. The third kappa shape index (κ3) is 2.15. The normalized spacial score (nSPS) is 23.1. The Kier molecular flexibility index (Phi) is 3.01. The summed E-state index contributed by atoms with van der Waals surface area (Å²) in [6, 6.07) is 17.4. The second kappa shape index (κ2) is 4.89. The molecule has 1 radical (unpaired) electrons. The lowest BCUT2D eigenvalue weighted by Gasteiger charge is -2.28. The van der Waals surface area contributed by atoms with Gasteiger partial charge in [0.15, 0.2) is 0 Å². The van der Waals surface area contributed by atoms with Crippen LogP contribution in [0.2, 0.25) is 0 Å². The number of halogens is 1. The first-order valence-electron chi connectivity index (χ1n) is 7.34. The fraction of sp³-hybridized carbons (Fsp3) is 0.150. The van der Waals surface area contributed by atoms with Crippen molar-refractivity contribution in [3.05, 3.63) is 90.4 Å². The van der Waals surface area contributed by atoms with Crippen LogP contribution in [0.4, 0.5) is 0 Å². The minimum Gasteiger partial charge on any atom is -0.114 e. The van der Waals surface area contributed by atoms with Crippen molar-refractivity contribution >= 4 is 11.6 Å². The van der Waals surface area contributed by atoms with E-state index in [-0.39, 0.29) is 4.87 Å². The number of fused-ring (bicyclic) bond motifs is 3.